The summed E-state index contributed by atoms with van der Waals surface area (Å²) < 4.78 is 12.0. The Morgan fingerprint density at radius 3 is 2.45 bits per heavy atom. The van der Waals surface area contributed by atoms with Crippen molar-refractivity contribution in [1.82, 2.24) is 0 Å². The Balaban J connectivity index is 2.15. The maximum atomic E-state index is 9.14. The topological polar surface area (TPSA) is 42.2 Å². The number of benzene rings is 2. The number of nitrogens with zero attached hydrogens (tertiary/aromatic N) is 1. The molecule has 0 spiro atoms. The Morgan fingerprint density at radius 1 is 1.10 bits per heavy atom. The minimum absolute atomic E-state index is 0.485. The third-order valence-electron chi connectivity index (χ3n) is 2.61. The molecule has 2 aromatic carbocycles. The van der Waals surface area contributed by atoms with Crippen LogP contribution in [-0.2, 0) is 0 Å². The van der Waals surface area contributed by atoms with E-state index in [0.717, 1.165) is 16.6 Å². The van der Waals surface area contributed by atoms with Crippen LogP contribution in [0.1, 0.15) is 18.9 Å². The summed E-state index contributed by atoms with van der Waals surface area (Å²) in [6, 6.07) is 14.9. The lowest BCUT2D eigenvalue weighted by molar-refractivity contribution is 0.317. The van der Waals surface area contributed by atoms with Crippen LogP contribution in [0.3, 0.4) is 0 Å². The maximum Gasteiger partial charge on any atom is 0.146 e. The molecule has 0 N–H and O–H groups in total. The van der Waals surface area contributed by atoms with Crippen molar-refractivity contribution in [2.75, 3.05) is 6.61 Å². The van der Waals surface area contributed by atoms with E-state index in [2.05, 4.69) is 28.9 Å². The number of ether oxygens (including phenoxy) is 2. The molecule has 0 fully saturated rings. The first kappa shape index (κ1) is 14.4. The van der Waals surface area contributed by atoms with E-state index in [4.69, 9.17) is 14.7 Å². The van der Waals surface area contributed by atoms with Crippen LogP contribution in [0.25, 0.3) is 0 Å². The number of nitriles is 1. The van der Waals surface area contributed by atoms with Gasteiger partial charge in [-0.3, -0.25) is 0 Å². The second kappa shape index (κ2) is 6.97. The van der Waals surface area contributed by atoms with Gasteiger partial charge in [0.2, 0.25) is 0 Å². The lowest BCUT2D eigenvalue weighted by Gasteiger charge is -2.09. The van der Waals surface area contributed by atoms with Gasteiger partial charge >= 0.3 is 0 Å². The van der Waals surface area contributed by atoms with Gasteiger partial charge < -0.3 is 9.47 Å². The summed E-state index contributed by atoms with van der Waals surface area (Å²) in [5.74, 6) is 2.02. The van der Waals surface area contributed by atoms with Crippen molar-refractivity contribution in [2.24, 2.45) is 0 Å². The zero-order chi connectivity index (χ0) is 14.4. The van der Waals surface area contributed by atoms with E-state index in [0.29, 0.717) is 23.7 Å². The summed E-state index contributed by atoms with van der Waals surface area (Å²) in [5, 5.41) is 9.14. The molecular formula is C16H14BrNO2. The molecule has 2 rings (SSSR count). The molecule has 102 valence electrons. The van der Waals surface area contributed by atoms with Crippen LogP contribution in [0.15, 0.2) is 46.9 Å². The Morgan fingerprint density at radius 2 is 1.80 bits per heavy atom. The van der Waals surface area contributed by atoms with Crippen LogP contribution >= 0.6 is 15.9 Å². The van der Waals surface area contributed by atoms with E-state index in [1.165, 1.54) is 0 Å². The van der Waals surface area contributed by atoms with Crippen LogP contribution < -0.4 is 9.47 Å². The fourth-order valence-electron chi connectivity index (χ4n) is 1.65. The van der Waals surface area contributed by atoms with E-state index in [-0.39, 0.29) is 0 Å². The highest BCUT2D eigenvalue weighted by atomic mass is 79.9. The number of hydrogen-bond donors (Lipinski definition) is 0. The van der Waals surface area contributed by atoms with Gasteiger partial charge in [0.15, 0.2) is 0 Å². The van der Waals surface area contributed by atoms with E-state index >= 15 is 0 Å². The van der Waals surface area contributed by atoms with Crippen LogP contribution in [-0.4, -0.2) is 6.61 Å². The van der Waals surface area contributed by atoms with Gasteiger partial charge in [0.25, 0.3) is 0 Å². The summed E-state index contributed by atoms with van der Waals surface area (Å²) in [7, 11) is 0. The molecule has 0 amide bonds. The standard InChI is InChI=1S/C16H14BrNO2/c1-2-10-19-12-6-8-13(9-7-12)20-16-5-3-4-15(17)14(16)11-18/h3-9H,2,10H2,1H3. The predicted octanol–water partition coefficient (Wildman–Crippen LogP) is 4.90. The molecule has 0 saturated heterocycles. The average molecular weight is 332 g/mol. The molecule has 4 heteroatoms. The molecule has 0 unspecified atom stereocenters. The van der Waals surface area contributed by atoms with Crippen molar-refractivity contribution in [3.63, 3.8) is 0 Å². The molecule has 0 bridgehead atoms. The van der Waals surface area contributed by atoms with Crippen molar-refractivity contribution >= 4 is 15.9 Å². The van der Waals surface area contributed by atoms with Gasteiger partial charge in [-0.25, -0.2) is 0 Å². The molecule has 0 aliphatic heterocycles. The Labute approximate surface area is 126 Å². The predicted molar refractivity (Wildman–Crippen MR) is 81.2 cm³/mol. The summed E-state index contributed by atoms with van der Waals surface area (Å²) in [4.78, 5) is 0. The SMILES string of the molecule is CCCOc1ccc(Oc2cccc(Br)c2C#N)cc1. The molecule has 2 aromatic rings. The summed E-state index contributed by atoms with van der Waals surface area (Å²) >= 11 is 3.34. The zero-order valence-electron chi connectivity index (χ0n) is 11.1. The molecule has 0 heterocycles. The quantitative estimate of drug-likeness (QED) is 0.782. The lowest BCUT2D eigenvalue weighted by Crippen LogP contribution is -1.94. The van der Waals surface area contributed by atoms with E-state index in [1.807, 2.05) is 36.4 Å². The van der Waals surface area contributed by atoms with Gasteiger partial charge in [-0.2, -0.15) is 5.26 Å². The molecule has 3 nitrogen and oxygen atoms in total. The fraction of sp³-hybridized carbons (Fsp3) is 0.188. The molecule has 0 atom stereocenters. The molecule has 0 saturated carbocycles. The first-order chi connectivity index (χ1) is 9.74. The number of rotatable bonds is 5. The third kappa shape index (κ3) is 3.52. The van der Waals surface area contributed by atoms with Crippen molar-refractivity contribution in [1.29, 1.82) is 5.26 Å². The number of hydrogen-bond acceptors (Lipinski definition) is 3. The Bertz CT molecular complexity index is 617. The maximum absolute atomic E-state index is 9.14. The van der Waals surface area contributed by atoms with Crippen molar-refractivity contribution in [2.45, 2.75) is 13.3 Å². The van der Waals surface area contributed by atoms with E-state index in [9.17, 15) is 0 Å². The second-order valence-corrected chi connectivity index (χ2v) is 5.00. The average Bonchev–Trinajstić information content (AvgIpc) is 2.47. The highest BCUT2D eigenvalue weighted by Crippen LogP contribution is 2.30. The van der Waals surface area contributed by atoms with E-state index in [1.54, 1.807) is 6.07 Å². The summed E-state index contributed by atoms with van der Waals surface area (Å²) in [6.07, 6.45) is 0.974. The highest BCUT2D eigenvalue weighted by molar-refractivity contribution is 9.10. The Hall–Kier alpha value is -1.99. The molecule has 0 aliphatic carbocycles. The molecule has 0 aromatic heterocycles. The third-order valence-corrected chi connectivity index (χ3v) is 3.27. The van der Waals surface area contributed by atoms with Crippen LogP contribution in [0.5, 0.6) is 17.2 Å². The minimum Gasteiger partial charge on any atom is -0.494 e. The van der Waals surface area contributed by atoms with Gasteiger partial charge in [-0.1, -0.05) is 13.0 Å². The molecular weight excluding hydrogens is 318 g/mol. The van der Waals surface area contributed by atoms with Gasteiger partial charge in [0.05, 0.1) is 6.61 Å². The van der Waals surface area contributed by atoms with Gasteiger partial charge in [0.1, 0.15) is 28.9 Å². The van der Waals surface area contributed by atoms with E-state index < -0.39 is 0 Å². The van der Waals surface area contributed by atoms with Crippen molar-refractivity contribution in [3.05, 3.63) is 52.5 Å². The minimum atomic E-state index is 0.485. The number of halogens is 1. The summed E-state index contributed by atoms with van der Waals surface area (Å²) in [5.41, 5.74) is 0.485. The largest absolute Gasteiger partial charge is 0.494 e. The van der Waals surface area contributed by atoms with Crippen LogP contribution in [0, 0.1) is 11.3 Å². The smallest absolute Gasteiger partial charge is 0.146 e. The Kier molecular flexibility index (Phi) is 5.03. The van der Waals surface area contributed by atoms with Crippen LogP contribution in [0.2, 0.25) is 0 Å². The monoisotopic (exact) mass is 331 g/mol. The molecule has 20 heavy (non-hydrogen) atoms. The first-order valence-electron chi connectivity index (χ1n) is 6.34. The van der Waals surface area contributed by atoms with Gasteiger partial charge in [0, 0.05) is 4.47 Å². The summed E-state index contributed by atoms with van der Waals surface area (Å²) in [6.45, 7) is 2.76. The fourth-order valence-corrected chi connectivity index (χ4v) is 2.09. The van der Waals surface area contributed by atoms with Gasteiger partial charge in [-0.05, 0) is 58.7 Å². The molecule has 0 radical (unpaired) electrons. The first-order valence-corrected chi connectivity index (χ1v) is 7.13. The lowest BCUT2D eigenvalue weighted by atomic mass is 10.2. The van der Waals surface area contributed by atoms with Crippen LogP contribution in [0.4, 0.5) is 0 Å². The van der Waals surface area contributed by atoms with Crippen molar-refractivity contribution in [3.8, 4) is 23.3 Å². The highest BCUT2D eigenvalue weighted by Gasteiger charge is 2.08. The molecule has 0 aliphatic rings. The van der Waals surface area contributed by atoms with Gasteiger partial charge in [-0.15, -0.1) is 0 Å². The second-order valence-electron chi connectivity index (χ2n) is 4.15. The zero-order valence-corrected chi connectivity index (χ0v) is 12.7. The van der Waals surface area contributed by atoms with Crippen molar-refractivity contribution < 1.29 is 9.47 Å². The normalized spacial score (nSPS) is 9.85.